The molecule has 110 valence electrons. The second-order valence-corrected chi connectivity index (χ2v) is 4.85. The van der Waals surface area contributed by atoms with Crippen molar-refractivity contribution in [3.63, 3.8) is 0 Å². The molecular formula is C17H11FO4. The fourth-order valence-electron chi connectivity index (χ4n) is 2.33. The van der Waals surface area contributed by atoms with Crippen LogP contribution in [0.15, 0.2) is 57.7 Å². The van der Waals surface area contributed by atoms with E-state index in [2.05, 4.69) is 0 Å². The Hall–Kier alpha value is -2.95. The molecule has 0 saturated carbocycles. The number of benzene rings is 2. The molecule has 4 nitrogen and oxygen atoms in total. The van der Waals surface area contributed by atoms with Gasteiger partial charge in [0.05, 0.1) is 11.8 Å². The maximum Gasteiger partial charge on any atom is 0.307 e. The van der Waals surface area contributed by atoms with E-state index in [9.17, 15) is 14.0 Å². The maximum atomic E-state index is 13.6. The molecule has 1 aromatic heterocycles. The minimum atomic E-state index is -1.13. The van der Waals surface area contributed by atoms with Crippen molar-refractivity contribution in [3.05, 3.63) is 70.1 Å². The predicted octanol–water partition coefficient (Wildman–Crippen LogP) is 3.23. The average Bonchev–Trinajstić information content (AvgIpc) is 2.48. The second kappa shape index (κ2) is 5.44. The Labute approximate surface area is 124 Å². The Morgan fingerprint density at radius 1 is 1.14 bits per heavy atom. The number of carbonyl (C=O) groups is 1. The van der Waals surface area contributed by atoms with Crippen LogP contribution in [0.3, 0.4) is 0 Å². The van der Waals surface area contributed by atoms with Crippen LogP contribution < -0.4 is 5.43 Å². The van der Waals surface area contributed by atoms with Gasteiger partial charge in [-0.2, -0.15) is 0 Å². The fraction of sp³-hybridized carbons (Fsp3) is 0.0588. The van der Waals surface area contributed by atoms with Gasteiger partial charge in [-0.1, -0.05) is 30.3 Å². The normalized spacial score (nSPS) is 10.8. The van der Waals surface area contributed by atoms with Crippen LogP contribution in [-0.4, -0.2) is 11.1 Å². The molecule has 0 radical (unpaired) electrons. The fourth-order valence-corrected chi connectivity index (χ4v) is 2.33. The van der Waals surface area contributed by atoms with Gasteiger partial charge in [0.2, 0.25) is 0 Å². The number of rotatable bonds is 3. The lowest BCUT2D eigenvalue weighted by molar-refractivity contribution is -0.136. The van der Waals surface area contributed by atoms with Crippen LogP contribution in [0.5, 0.6) is 0 Å². The predicted molar refractivity (Wildman–Crippen MR) is 79.2 cm³/mol. The van der Waals surface area contributed by atoms with E-state index in [1.165, 1.54) is 6.07 Å². The third-order valence-corrected chi connectivity index (χ3v) is 3.27. The lowest BCUT2D eigenvalue weighted by atomic mass is 10.1. The zero-order chi connectivity index (χ0) is 15.7. The smallest absolute Gasteiger partial charge is 0.307 e. The summed E-state index contributed by atoms with van der Waals surface area (Å²) in [7, 11) is 0. The molecule has 0 saturated heterocycles. The Morgan fingerprint density at radius 2 is 1.86 bits per heavy atom. The van der Waals surface area contributed by atoms with Crippen LogP contribution in [0.25, 0.3) is 22.3 Å². The van der Waals surface area contributed by atoms with Crippen molar-refractivity contribution in [2.45, 2.75) is 6.42 Å². The largest absolute Gasteiger partial charge is 0.481 e. The highest BCUT2D eigenvalue weighted by Gasteiger charge is 2.14. The van der Waals surface area contributed by atoms with Crippen molar-refractivity contribution in [3.8, 4) is 11.3 Å². The van der Waals surface area contributed by atoms with Crippen molar-refractivity contribution in [2.24, 2.45) is 0 Å². The third-order valence-electron chi connectivity index (χ3n) is 3.27. The summed E-state index contributed by atoms with van der Waals surface area (Å²) in [4.78, 5) is 23.1. The van der Waals surface area contributed by atoms with Gasteiger partial charge in [-0.3, -0.25) is 9.59 Å². The minimum absolute atomic E-state index is 0.0379. The Balaban J connectivity index is 2.30. The molecule has 0 amide bonds. The van der Waals surface area contributed by atoms with Crippen LogP contribution in [0.2, 0.25) is 0 Å². The van der Waals surface area contributed by atoms with Gasteiger partial charge in [-0.15, -0.1) is 0 Å². The lowest BCUT2D eigenvalue weighted by Crippen LogP contribution is -2.06. The first-order valence-corrected chi connectivity index (χ1v) is 6.58. The van der Waals surface area contributed by atoms with Crippen molar-refractivity contribution in [1.29, 1.82) is 0 Å². The van der Waals surface area contributed by atoms with Gasteiger partial charge in [0.25, 0.3) is 0 Å². The highest BCUT2D eigenvalue weighted by atomic mass is 19.1. The SMILES string of the molecule is O=C(O)Cc1cc(F)cc2c(=O)cc(-c3ccccc3)oc12. The second-order valence-electron chi connectivity index (χ2n) is 4.85. The average molecular weight is 298 g/mol. The van der Waals surface area contributed by atoms with Gasteiger partial charge in [0.1, 0.15) is 17.2 Å². The standard InChI is InChI=1S/C17H11FO4/c18-12-6-11(7-16(20)21)17-13(8-12)14(19)9-15(22-17)10-4-2-1-3-5-10/h1-6,8-9H,7H2,(H,20,21). The van der Waals surface area contributed by atoms with Crippen molar-refractivity contribution < 1.29 is 18.7 Å². The summed E-state index contributed by atoms with van der Waals surface area (Å²) in [6, 6.07) is 12.4. The molecule has 3 aromatic rings. The topological polar surface area (TPSA) is 67.5 Å². The minimum Gasteiger partial charge on any atom is -0.481 e. The molecule has 0 unspecified atom stereocenters. The number of hydrogen-bond donors (Lipinski definition) is 1. The molecule has 0 spiro atoms. The molecule has 0 fully saturated rings. The monoisotopic (exact) mass is 298 g/mol. The molecule has 0 aliphatic carbocycles. The molecule has 2 aromatic carbocycles. The van der Waals surface area contributed by atoms with Crippen LogP contribution >= 0.6 is 0 Å². The molecule has 0 bridgehead atoms. The summed E-state index contributed by atoms with van der Waals surface area (Å²) in [5.41, 5.74) is 0.519. The molecule has 5 heteroatoms. The van der Waals surface area contributed by atoms with Gasteiger partial charge in [-0.05, 0) is 12.1 Å². The van der Waals surface area contributed by atoms with Gasteiger partial charge in [-0.25, -0.2) is 4.39 Å². The number of halogens is 1. The zero-order valence-corrected chi connectivity index (χ0v) is 11.4. The highest BCUT2D eigenvalue weighted by molar-refractivity contribution is 5.85. The first kappa shape index (κ1) is 14.0. The van der Waals surface area contributed by atoms with Crippen LogP contribution in [0.1, 0.15) is 5.56 Å². The molecular weight excluding hydrogens is 287 g/mol. The van der Waals surface area contributed by atoms with Crippen LogP contribution in [-0.2, 0) is 11.2 Å². The first-order valence-electron chi connectivity index (χ1n) is 6.58. The molecule has 1 heterocycles. The van der Waals surface area contributed by atoms with E-state index in [4.69, 9.17) is 9.52 Å². The third kappa shape index (κ3) is 2.61. The number of aliphatic carboxylic acids is 1. The van der Waals surface area contributed by atoms with E-state index in [0.29, 0.717) is 11.3 Å². The molecule has 22 heavy (non-hydrogen) atoms. The zero-order valence-electron chi connectivity index (χ0n) is 11.4. The summed E-state index contributed by atoms with van der Waals surface area (Å²) in [5.74, 6) is -1.47. The van der Waals surface area contributed by atoms with E-state index in [-0.39, 0.29) is 16.5 Å². The van der Waals surface area contributed by atoms with E-state index in [0.717, 1.165) is 12.1 Å². The number of fused-ring (bicyclic) bond motifs is 1. The number of carboxylic acids is 1. The summed E-state index contributed by atoms with van der Waals surface area (Å²) in [6.45, 7) is 0. The summed E-state index contributed by atoms with van der Waals surface area (Å²) >= 11 is 0. The Kier molecular flexibility index (Phi) is 3.47. The van der Waals surface area contributed by atoms with Crippen molar-refractivity contribution in [2.75, 3.05) is 0 Å². The highest BCUT2D eigenvalue weighted by Crippen LogP contribution is 2.25. The lowest BCUT2D eigenvalue weighted by Gasteiger charge is -2.07. The van der Waals surface area contributed by atoms with Crippen molar-refractivity contribution in [1.82, 2.24) is 0 Å². The molecule has 1 N–H and O–H groups in total. The van der Waals surface area contributed by atoms with Crippen molar-refractivity contribution >= 4 is 16.9 Å². The maximum absolute atomic E-state index is 13.6. The van der Waals surface area contributed by atoms with Crippen LogP contribution in [0, 0.1) is 5.82 Å². The summed E-state index contributed by atoms with van der Waals surface area (Å²) in [6.07, 6.45) is -0.421. The quantitative estimate of drug-likeness (QED) is 0.806. The number of carboxylic acid groups (broad SMARTS) is 1. The Morgan fingerprint density at radius 3 is 2.55 bits per heavy atom. The first-order chi connectivity index (χ1) is 10.5. The van der Waals surface area contributed by atoms with Gasteiger partial charge >= 0.3 is 5.97 Å². The van der Waals surface area contributed by atoms with E-state index in [1.807, 2.05) is 6.07 Å². The molecule has 3 rings (SSSR count). The van der Waals surface area contributed by atoms with E-state index < -0.39 is 23.6 Å². The van der Waals surface area contributed by atoms with E-state index >= 15 is 0 Å². The molecule has 0 aliphatic heterocycles. The summed E-state index contributed by atoms with van der Waals surface area (Å²) in [5, 5.41) is 8.97. The molecule has 0 atom stereocenters. The van der Waals surface area contributed by atoms with Crippen LogP contribution in [0.4, 0.5) is 4.39 Å². The van der Waals surface area contributed by atoms with E-state index in [1.54, 1.807) is 24.3 Å². The number of hydrogen-bond acceptors (Lipinski definition) is 3. The summed E-state index contributed by atoms with van der Waals surface area (Å²) < 4.78 is 19.3. The Bertz CT molecular complexity index is 913. The van der Waals surface area contributed by atoms with Gasteiger partial charge in [0.15, 0.2) is 5.43 Å². The van der Waals surface area contributed by atoms with Gasteiger partial charge in [0, 0.05) is 17.2 Å². The van der Waals surface area contributed by atoms with Gasteiger partial charge < -0.3 is 9.52 Å². The molecule has 0 aliphatic rings.